The van der Waals surface area contributed by atoms with E-state index in [4.69, 9.17) is 14.5 Å². The predicted octanol–water partition coefficient (Wildman–Crippen LogP) is 4.97. The molecule has 0 radical (unpaired) electrons. The molecule has 200 valence electrons. The van der Waals surface area contributed by atoms with Gasteiger partial charge in [0.05, 0.1) is 41.5 Å². The van der Waals surface area contributed by atoms with Crippen molar-refractivity contribution in [3.63, 3.8) is 0 Å². The average Bonchev–Trinajstić information content (AvgIpc) is 3.61. The van der Waals surface area contributed by atoms with Gasteiger partial charge < -0.3 is 14.4 Å². The van der Waals surface area contributed by atoms with E-state index in [2.05, 4.69) is 37.9 Å². The maximum absolute atomic E-state index is 13.0. The maximum Gasteiger partial charge on any atom is 0.225 e. The van der Waals surface area contributed by atoms with Crippen LogP contribution in [0.15, 0.2) is 48.9 Å². The zero-order valence-corrected chi connectivity index (χ0v) is 23.2. The SMILES string of the molecule is COc1ccc(C(C)N2CC(C(C)Oc3nc(-c4cnn(C(C)(C)C)c4)cc4nn(C)cc34)CC2=O)cc1. The topological polar surface area (TPSA) is 87.3 Å². The number of amides is 1. The van der Waals surface area contributed by atoms with Crippen LogP contribution in [0.25, 0.3) is 22.2 Å². The number of rotatable bonds is 7. The highest BCUT2D eigenvalue weighted by atomic mass is 16.5. The molecule has 1 saturated heterocycles. The molecule has 4 aromatic rings. The summed E-state index contributed by atoms with van der Waals surface area (Å²) < 4.78 is 15.5. The molecule has 4 heterocycles. The second kappa shape index (κ2) is 9.78. The maximum atomic E-state index is 13.0. The minimum Gasteiger partial charge on any atom is -0.497 e. The van der Waals surface area contributed by atoms with Gasteiger partial charge >= 0.3 is 0 Å². The van der Waals surface area contributed by atoms with Crippen LogP contribution in [0.1, 0.15) is 52.6 Å². The Labute approximate surface area is 223 Å². The lowest BCUT2D eigenvalue weighted by atomic mass is 10.0. The van der Waals surface area contributed by atoms with Gasteiger partial charge in [-0.05, 0) is 58.4 Å². The summed E-state index contributed by atoms with van der Waals surface area (Å²) in [5.74, 6) is 1.51. The van der Waals surface area contributed by atoms with Crippen molar-refractivity contribution in [3.05, 3.63) is 54.5 Å². The van der Waals surface area contributed by atoms with Crippen molar-refractivity contribution in [1.82, 2.24) is 29.4 Å². The van der Waals surface area contributed by atoms with Gasteiger partial charge in [0, 0.05) is 43.9 Å². The van der Waals surface area contributed by atoms with Gasteiger partial charge in [-0.3, -0.25) is 14.2 Å². The highest BCUT2D eigenvalue weighted by Crippen LogP contribution is 2.34. The van der Waals surface area contributed by atoms with Crippen LogP contribution in [0.2, 0.25) is 0 Å². The first-order valence-electron chi connectivity index (χ1n) is 13.0. The van der Waals surface area contributed by atoms with E-state index in [1.165, 1.54) is 0 Å². The van der Waals surface area contributed by atoms with Gasteiger partial charge in [-0.1, -0.05) is 12.1 Å². The highest BCUT2D eigenvalue weighted by molar-refractivity contribution is 5.86. The summed E-state index contributed by atoms with van der Waals surface area (Å²) in [7, 11) is 3.54. The lowest BCUT2D eigenvalue weighted by molar-refractivity contribution is -0.129. The number of nitrogens with zero attached hydrogens (tertiary/aromatic N) is 6. The molecule has 9 nitrogen and oxygen atoms in total. The van der Waals surface area contributed by atoms with Crippen LogP contribution in [0, 0.1) is 5.92 Å². The lowest BCUT2D eigenvalue weighted by Crippen LogP contribution is -2.31. The minimum atomic E-state index is -0.213. The summed E-state index contributed by atoms with van der Waals surface area (Å²) in [4.78, 5) is 19.9. The number of aromatic nitrogens is 5. The molecule has 9 heteroatoms. The number of aryl methyl sites for hydroxylation is 1. The quantitative estimate of drug-likeness (QED) is 0.345. The van der Waals surface area contributed by atoms with Crippen LogP contribution in [-0.4, -0.2) is 55.1 Å². The van der Waals surface area contributed by atoms with Gasteiger partial charge in [-0.25, -0.2) is 4.98 Å². The number of fused-ring (bicyclic) bond motifs is 1. The van der Waals surface area contributed by atoms with Gasteiger partial charge in [0.25, 0.3) is 0 Å². The van der Waals surface area contributed by atoms with Gasteiger partial charge in [0.15, 0.2) is 0 Å². The monoisotopic (exact) mass is 516 g/mol. The predicted molar refractivity (Wildman–Crippen MR) is 146 cm³/mol. The molecule has 0 N–H and O–H groups in total. The van der Waals surface area contributed by atoms with Crippen molar-refractivity contribution in [2.24, 2.45) is 13.0 Å². The van der Waals surface area contributed by atoms with E-state index in [0.29, 0.717) is 18.8 Å². The number of hydrogen-bond donors (Lipinski definition) is 0. The normalized spacial score (nSPS) is 17.7. The van der Waals surface area contributed by atoms with E-state index in [1.54, 1.807) is 11.8 Å². The summed E-state index contributed by atoms with van der Waals surface area (Å²) in [5, 5.41) is 9.99. The van der Waals surface area contributed by atoms with Gasteiger partial charge in [0.1, 0.15) is 11.9 Å². The molecule has 3 aromatic heterocycles. The van der Waals surface area contributed by atoms with Crippen molar-refractivity contribution in [3.8, 4) is 22.9 Å². The zero-order valence-electron chi connectivity index (χ0n) is 23.2. The molecular formula is C29H36N6O3. The third-order valence-electron chi connectivity index (χ3n) is 7.36. The molecule has 1 aliphatic heterocycles. The molecule has 0 spiro atoms. The zero-order chi connectivity index (χ0) is 27.2. The Morgan fingerprint density at radius 2 is 1.84 bits per heavy atom. The number of benzene rings is 1. The Morgan fingerprint density at radius 1 is 1.11 bits per heavy atom. The van der Waals surface area contributed by atoms with Crippen LogP contribution in [0.3, 0.4) is 0 Å². The first-order valence-corrected chi connectivity index (χ1v) is 13.0. The van der Waals surface area contributed by atoms with E-state index < -0.39 is 0 Å². The summed E-state index contributed by atoms with van der Waals surface area (Å²) >= 11 is 0. The third kappa shape index (κ3) is 4.97. The molecule has 1 amide bonds. The molecule has 3 atom stereocenters. The number of ether oxygens (including phenoxy) is 2. The number of likely N-dealkylation sites (tertiary alicyclic amines) is 1. The highest BCUT2D eigenvalue weighted by Gasteiger charge is 2.37. The third-order valence-corrected chi connectivity index (χ3v) is 7.36. The summed E-state index contributed by atoms with van der Waals surface area (Å²) in [6, 6.07) is 9.82. The van der Waals surface area contributed by atoms with Crippen molar-refractivity contribution >= 4 is 16.8 Å². The smallest absolute Gasteiger partial charge is 0.225 e. The van der Waals surface area contributed by atoms with E-state index >= 15 is 0 Å². The van der Waals surface area contributed by atoms with Crippen molar-refractivity contribution < 1.29 is 14.3 Å². The Bertz CT molecular complexity index is 1450. The second-order valence-corrected chi connectivity index (χ2v) is 11.2. The standard InChI is InChI=1S/C29H36N6O3/c1-18(20-8-10-23(37-7)11-9-20)34-15-21(12-27(34)36)19(2)38-28-24-17-33(6)32-26(24)13-25(31-28)22-14-30-35(16-22)29(3,4)5/h8-11,13-14,16-19,21H,12,15H2,1-7H3. The second-order valence-electron chi connectivity index (χ2n) is 11.2. The molecule has 3 unspecified atom stereocenters. The van der Waals surface area contributed by atoms with E-state index in [9.17, 15) is 4.79 Å². The first-order chi connectivity index (χ1) is 18.0. The molecule has 0 bridgehead atoms. The summed E-state index contributed by atoms with van der Waals surface area (Å²) in [5.41, 5.74) is 3.41. The fourth-order valence-electron chi connectivity index (χ4n) is 4.95. The molecule has 5 rings (SSSR count). The van der Waals surface area contributed by atoms with Crippen LogP contribution < -0.4 is 9.47 Å². The largest absolute Gasteiger partial charge is 0.497 e. The summed E-state index contributed by atoms with van der Waals surface area (Å²) in [6.07, 6.45) is 5.97. The molecule has 38 heavy (non-hydrogen) atoms. The molecule has 1 aliphatic rings. The van der Waals surface area contributed by atoms with Crippen LogP contribution in [0.4, 0.5) is 0 Å². The van der Waals surface area contributed by atoms with Crippen molar-refractivity contribution in [1.29, 1.82) is 0 Å². The van der Waals surface area contributed by atoms with Crippen molar-refractivity contribution in [2.75, 3.05) is 13.7 Å². The average molecular weight is 517 g/mol. The van der Waals surface area contributed by atoms with Gasteiger partial charge in [0.2, 0.25) is 11.8 Å². The number of hydrogen-bond acceptors (Lipinski definition) is 6. The Balaban J connectivity index is 1.37. The number of carbonyl (C=O) groups is 1. The number of methoxy groups -OCH3 is 1. The molecule has 1 fully saturated rings. The summed E-state index contributed by atoms with van der Waals surface area (Å²) in [6.45, 7) is 11.0. The Hall–Kier alpha value is -3.88. The number of carbonyl (C=O) groups excluding carboxylic acids is 1. The van der Waals surface area contributed by atoms with Gasteiger partial charge in [-0.15, -0.1) is 0 Å². The fraction of sp³-hybridized carbons (Fsp3) is 0.448. The van der Waals surface area contributed by atoms with Gasteiger partial charge in [-0.2, -0.15) is 10.2 Å². The van der Waals surface area contributed by atoms with E-state index in [1.807, 2.05) is 72.5 Å². The molecular weight excluding hydrogens is 480 g/mol. The van der Waals surface area contributed by atoms with Crippen LogP contribution >= 0.6 is 0 Å². The van der Waals surface area contributed by atoms with E-state index in [0.717, 1.165) is 33.5 Å². The van der Waals surface area contributed by atoms with Crippen LogP contribution in [0.5, 0.6) is 11.6 Å². The molecule has 1 aromatic carbocycles. The Morgan fingerprint density at radius 3 is 2.50 bits per heavy atom. The van der Waals surface area contributed by atoms with E-state index in [-0.39, 0.29) is 29.5 Å². The minimum absolute atomic E-state index is 0.0311. The van der Waals surface area contributed by atoms with Crippen LogP contribution in [-0.2, 0) is 17.4 Å². The Kier molecular flexibility index (Phi) is 6.63. The molecule has 0 saturated carbocycles. The lowest BCUT2D eigenvalue weighted by Gasteiger charge is -2.26. The first kappa shape index (κ1) is 25.8. The van der Waals surface area contributed by atoms with Crippen molar-refractivity contribution in [2.45, 2.75) is 58.7 Å². The fourth-order valence-corrected chi connectivity index (χ4v) is 4.95. The molecule has 0 aliphatic carbocycles. The number of pyridine rings is 1.